The van der Waals surface area contributed by atoms with E-state index in [0.29, 0.717) is 12.5 Å². The monoisotopic (exact) mass is 387 g/mol. The van der Waals surface area contributed by atoms with Crippen LogP contribution in [0.3, 0.4) is 0 Å². The molecular weight excluding hydrogens is 365 g/mol. The van der Waals surface area contributed by atoms with Gasteiger partial charge in [0.05, 0.1) is 6.54 Å². The Morgan fingerprint density at radius 1 is 1.50 bits per heavy atom. The van der Waals surface area contributed by atoms with Gasteiger partial charge in [-0.25, -0.2) is 0 Å². The van der Waals surface area contributed by atoms with Gasteiger partial charge in [0.15, 0.2) is 0 Å². The predicted octanol–water partition coefficient (Wildman–Crippen LogP) is 2.08. The Morgan fingerprint density at radius 2 is 2.30 bits per heavy atom. The Morgan fingerprint density at radius 3 is 3.00 bits per heavy atom. The summed E-state index contributed by atoms with van der Waals surface area (Å²) in [6.45, 7) is 5.59. The van der Waals surface area contributed by atoms with Crippen LogP contribution in [0.4, 0.5) is 5.69 Å². The van der Waals surface area contributed by atoms with E-state index in [9.17, 15) is 4.79 Å². The van der Waals surface area contributed by atoms with Gasteiger partial charge in [-0.2, -0.15) is 0 Å². The van der Waals surface area contributed by atoms with Gasteiger partial charge >= 0.3 is 0 Å². The summed E-state index contributed by atoms with van der Waals surface area (Å²) in [7, 11) is 1.98. The van der Waals surface area contributed by atoms with Crippen molar-refractivity contribution in [2.75, 3.05) is 38.5 Å². The number of aryl methyl sites for hydroxylation is 1. The highest BCUT2D eigenvalue weighted by Crippen LogP contribution is 2.18. The van der Waals surface area contributed by atoms with Crippen LogP contribution < -0.4 is 10.6 Å². The molecule has 1 aromatic rings. The number of carbonyl (C=O) groups excluding carboxylic acids is 1. The molecule has 1 unspecified atom stereocenters. The first-order valence-corrected chi connectivity index (χ1v) is 8.09. The van der Waals surface area contributed by atoms with E-state index in [2.05, 4.69) is 44.2 Å². The Labute approximate surface area is 134 Å². The lowest BCUT2D eigenvalue weighted by molar-refractivity contribution is -0.117. The third-order valence-electron chi connectivity index (χ3n) is 3.69. The lowest BCUT2D eigenvalue weighted by Gasteiger charge is -2.16. The van der Waals surface area contributed by atoms with Gasteiger partial charge in [-0.05, 0) is 85.8 Å². The van der Waals surface area contributed by atoms with Crippen LogP contribution in [0.25, 0.3) is 0 Å². The fourth-order valence-electron chi connectivity index (χ4n) is 2.67. The number of carbonyl (C=O) groups is 1. The summed E-state index contributed by atoms with van der Waals surface area (Å²) >= 11 is 2.28. The second-order valence-electron chi connectivity index (χ2n) is 5.45. The molecule has 1 heterocycles. The van der Waals surface area contributed by atoms with E-state index in [-0.39, 0.29) is 5.91 Å². The van der Waals surface area contributed by atoms with Crippen LogP contribution in [0, 0.1) is 16.4 Å². The fraction of sp³-hybridized carbons (Fsp3) is 0.533. The first-order chi connectivity index (χ1) is 9.58. The topological polar surface area (TPSA) is 44.4 Å². The van der Waals surface area contributed by atoms with Crippen LogP contribution in [0.5, 0.6) is 0 Å². The average Bonchev–Trinajstić information content (AvgIpc) is 2.81. The maximum absolute atomic E-state index is 12.1. The number of anilines is 1. The van der Waals surface area contributed by atoms with E-state index < -0.39 is 0 Å². The summed E-state index contributed by atoms with van der Waals surface area (Å²) in [4.78, 5) is 14.3. The van der Waals surface area contributed by atoms with Crippen LogP contribution in [-0.2, 0) is 4.79 Å². The van der Waals surface area contributed by atoms with Crippen molar-refractivity contribution in [3.8, 4) is 0 Å². The molecule has 0 saturated carbocycles. The molecule has 1 saturated heterocycles. The van der Waals surface area contributed by atoms with Crippen LogP contribution in [0.2, 0.25) is 0 Å². The lowest BCUT2D eigenvalue weighted by atomic mass is 10.1. The van der Waals surface area contributed by atoms with Crippen molar-refractivity contribution < 1.29 is 4.79 Å². The standard InChI is InChI=1S/C15H22IN3O/c1-11-7-13(16)3-4-14(11)18-15(20)10-19-6-5-12(9-19)8-17-2/h3-4,7,12,17H,5-6,8-10H2,1-2H3,(H,18,20). The Bertz CT molecular complexity index is 478. The second-order valence-corrected chi connectivity index (χ2v) is 6.70. The molecule has 1 aromatic carbocycles. The maximum Gasteiger partial charge on any atom is 0.238 e. The van der Waals surface area contributed by atoms with Crippen LogP contribution in [-0.4, -0.2) is 44.0 Å². The molecule has 1 amide bonds. The normalized spacial score (nSPS) is 19.2. The largest absolute Gasteiger partial charge is 0.325 e. The zero-order chi connectivity index (χ0) is 14.5. The number of halogens is 1. The Balaban J connectivity index is 1.84. The van der Waals surface area contributed by atoms with Gasteiger partial charge in [-0.1, -0.05) is 0 Å². The third-order valence-corrected chi connectivity index (χ3v) is 4.36. The van der Waals surface area contributed by atoms with Gasteiger partial charge in [0.1, 0.15) is 0 Å². The van der Waals surface area contributed by atoms with E-state index in [0.717, 1.165) is 30.9 Å². The molecule has 0 spiro atoms. The number of hydrogen-bond acceptors (Lipinski definition) is 3. The smallest absolute Gasteiger partial charge is 0.238 e. The predicted molar refractivity (Wildman–Crippen MR) is 91.0 cm³/mol. The van der Waals surface area contributed by atoms with Crippen molar-refractivity contribution in [1.29, 1.82) is 0 Å². The van der Waals surface area contributed by atoms with Crippen molar-refractivity contribution in [3.63, 3.8) is 0 Å². The molecule has 1 aliphatic rings. The highest BCUT2D eigenvalue weighted by molar-refractivity contribution is 14.1. The molecule has 5 heteroatoms. The number of hydrogen-bond donors (Lipinski definition) is 2. The molecule has 110 valence electrons. The van der Waals surface area contributed by atoms with Gasteiger partial charge in [0.25, 0.3) is 0 Å². The molecule has 0 aromatic heterocycles. The van der Waals surface area contributed by atoms with Crippen molar-refractivity contribution in [2.45, 2.75) is 13.3 Å². The summed E-state index contributed by atoms with van der Waals surface area (Å²) in [5, 5.41) is 6.22. The molecular formula is C15H22IN3O. The van der Waals surface area contributed by atoms with Gasteiger partial charge < -0.3 is 10.6 Å². The minimum absolute atomic E-state index is 0.0828. The molecule has 0 aliphatic carbocycles. The number of rotatable bonds is 5. The van der Waals surface area contributed by atoms with Crippen LogP contribution in [0.15, 0.2) is 18.2 Å². The number of likely N-dealkylation sites (tertiary alicyclic amines) is 1. The SMILES string of the molecule is CNCC1CCN(CC(=O)Nc2ccc(I)cc2C)C1. The van der Waals surface area contributed by atoms with E-state index >= 15 is 0 Å². The van der Waals surface area contributed by atoms with Gasteiger partial charge in [0.2, 0.25) is 5.91 Å². The lowest BCUT2D eigenvalue weighted by Crippen LogP contribution is -2.32. The zero-order valence-electron chi connectivity index (χ0n) is 12.1. The molecule has 0 bridgehead atoms. The van der Waals surface area contributed by atoms with E-state index in [1.165, 1.54) is 9.99 Å². The molecule has 2 rings (SSSR count). The number of benzene rings is 1. The Kier molecular flexibility index (Phi) is 5.80. The average molecular weight is 387 g/mol. The fourth-order valence-corrected chi connectivity index (χ4v) is 3.32. The van der Waals surface area contributed by atoms with Gasteiger partial charge in [-0.3, -0.25) is 9.69 Å². The highest BCUT2D eigenvalue weighted by atomic mass is 127. The van der Waals surface area contributed by atoms with Crippen LogP contribution in [0.1, 0.15) is 12.0 Å². The highest BCUT2D eigenvalue weighted by Gasteiger charge is 2.23. The second kappa shape index (κ2) is 7.38. The number of amides is 1. The van der Waals surface area contributed by atoms with Crippen LogP contribution >= 0.6 is 22.6 Å². The van der Waals surface area contributed by atoms with Crippen molar-refractivity contribution >= 4 is 34.2 Å². The molecule has 0 radical (unpaired) electrons. The molecule has 1 atom stereocenters. The molecule has 2 N–H and O–H groups in total. The first kappa shape index (κ1) is 15.7. The third kappa shape index (κ3) is 4.43. The van der Waals surface area contributed by atoms with E-state index in [1.807, 2.05) is 26.1 Å². The number of nitrogens with zero attached hydrogens (tertiary/aromatic N) is 1. The molecule has 1 fully saturated rings. The van der Waals surface area contributed by atoms with Crippen molar-refractivity contribution in [2.24, 2.45) is 5.92 Å². The van der Waals surface area contributed by atoms with Crippen molar-refractivity contribution in [1.82, 2.24) is 10.2 Å². The summed E-state index contributed by atoms with van der Waals surface area (Å²) in [6.07, 6.45) is 1.18. The molecule has 4 nitrogen and oxygen atoms in total. The molecule has 1 aliphatic heterocycles. The zero-order valence-corrected chi connectivity index (χ0v) is 14.2. The summed E-state index contributed by atoms with van der Waals surface area (Å²) < 4.78 is 1.19. The quantitative estimate of drug-likeness (QED) is 0.761. The van der Waals surface area contributed by atoms with Gasteiger partial charge in [-0.15, -0.1) is 0 Å². The minimum Gasteiger partial charge on any atom is -0.325 e. The summed E-state index contributed by atoms with van der Waals surface area (Å²) in [5.74, 6) is 0.757. The van der Waals surface area contributed by atoms with Crippen molar-refractivity contribution in [3.05, 3.63) is 27.3 Å². The van der Waals surface area contributed by atoms with Gasteiger partial charge in [0, 0.05) is 15.8 Å². The first-order valence-electron chi connectivity index (χ1n) is 7.01. The minimum atomic E-state index is 0.0828. The molecule has 20 heavy (non-hydrogen) atoms. The summed E-state index contributed by atoms with van der Waals surface area (Å²) in [5.41, 5.74) is 2.03. The Hall–Kier alpha value is -0.660. The van der Waals surface area contributed by atoms with E-state index in [4.69, 9.17) is 0 Å². The number of nitrogens with one attached hydrogen (secondary N) is 2. The maximum atomic E-state index is 12.1. The van der Waals surface area contributed by atoms with E-state index in [1.54, 1.807) is 0 Å². The summed E-state index contributed by atoms with van der Waals surface area (Å²) in [6, 6.07) is 6.07.